The minimum Gasteiger partial charge on any atom is -0.314 e. The molecule has 43 heavy (non-hydrogen) atoms. The van der Waals surface area contributed by atoms with E-state index in [4.69, 9.17) is 5.84 Å². The third-order valence-corrected chi connectivity index (χ3v) is 8.30. The minimum atomic E-state index is 0.627. The van der Waals surface area contributed by atoms with E-state index in [9.17, 15) is 0 Å². The Bertz CT molecular complexity index is 2060. The Hall–Kier alpha value is -5.16. The van der Waals surface area contributed by atoms with Crippen molar-refractivity contribution in [2.24, 2.45) is 5.84 Å². The van der Waals surface area contributed by atoms with Crippen LogP contribution >= 0.6 is 0 Å². The van der Waals surface area contributed by atoms with Gasteiger partial charge in [-0.2, -0.15) is 0 Å². The van der Waals surface area contributed by atoms with E-state index in [1.54, 1.807) is 0 Å². The van der Waals surface area contributed by atoms with E-state index in [2.05, 4.69) is 163 Å². The Morgan fingerprint density at radius 3 is 2.16 bits per heavy atom. The predicted molar refractivity (Wildman–Crippen MR) is 182 cm³/mol. The second kappa shape index (κ2) is 10.9. The second-order valence-electron chi connectivity index (χ2n) is 11.2. The maximum absolute atomic E-state index is 5.56. The molecule has 210 valence electrons. The second-order valence-corrected chi connectivity index (χ2v) is 11.2. The summed E-state index contributed by atoms with van der Waals surface area (Å²) >= 11 is 0. The zero-order chi connectivity index (χ0) is 29.5. The predicted octanol–water partition coefficient (Wildman–Crippen LogP) is 9.43. The summed E-state index contributed by atoms with van der Waals surface area (Å²) in [5.41, 5.74) is 16.4. The number of hydrogen-bond acceptors (Lipinski definition) is 3. The molecular formula is C39H34N4. The number of benzene rings is 5. The smallest absolute Gasteiger partial charge is 0.0541 e. The molecular weight excluding hydrogens is 524 g/mol. The fourth-order valence-electron chi connectivity index (χ4n) is 6.38. The van der Waals surface area contributed by atoms with Crippen LogP contribution in [0.3, 0.4) is 0 Å². The van der Waals surface area contributed by atoms with Crippen molar-refractivity contribution in [3.05, 3.63) is 156 Å². The fourth-order valence-corrected chi connectivity index (χ4v) is 6.38. The summed E-state index contributed by atoms with van der Waals surface area (Å²) in [5, 5.41) is 2.49. The summed E-state index contributed by atoms with van der Waals surface area (Å²) in [7, 11) is 0. The van der Waals surface area contributed by atoms with Gasteiger partial charge < -0.3 is 9.47 Å². The Morgan fingerprint density at radius 2 is 1.37 bits per heavy atom. The molecule has 4 heteroatoms. The highest BCUT2D eigenvalue weighted by Gasteiger charge is 2.20. The van der Waals surface area contributed by atoms with Crippen molar-refractivity contribution >= 4 is 38.8 Å². The lowest BCUT2D eigenvalue weighted by Crippen LogP contribution is -2.21. The van der Waals surface area contributed by atoms with E-state index in [-0.39, 0.29) is 0 Å². The number of hydrogen-bond donors (Lipinski definition) is 2. The van der Waals surface area contributed by atoms with Gasteiger partial charge in [-0.3, -0.25) is 11.3 Å². The number of para-hydroxylation sites is 2. The maximum atomic E-state index is 5.56. The van der Waals surface area contributed by atoms with Gasteiger partial charge in [0, 0.05) is 40.0 Å². The largest absolute Gasteiger partial charge is 0.314 e. The SMILES string of the molecule is C=C1/C=C(C)\C=C(\C)N(c2ccc(CNN)cc2)c2ccc(-c3ccc4c(c3)c3ccccc3n4-c3ccccc3)cc21. The van der Waals surface area contributed by atoms with Crippen molar-refractivity contribution in [3.8, 4) is 16.8 Å². The van der Waals surface area contributed by atoms with Gasteiger partial charge in [0.25, 0.3) is 0 Å². The third-order valence-electron chi connectivity index (χ3n) is 8.30. The van der Waals surface area contributed by atoms with Crippen molar-refractivity contribution < 1.29 is 0 Å². The van der Waals surface area contributed by atoms with Gasteiger partial charge in [0.2, 0.25) is 0 Å². The fraction of sp³-hybridized carbons (Fsp3) is 0.0769. The number of nitrogens with two attached hydrogens (primary N) is 1. The van der Waals surface area contributed by atoms with Crippen LogP contribution in [0.1, 0.15) is 25.0 Å². The molecule has 0 bridgehead atoms. The quantitative estimate of drug-likeness (QED) is 0.164. The van der Waals surface area contributed by atoms with Gasteiger partial charge in [-0.15, -0.1) is 0 Å². The number of nitrogens with zero attached hydrogens (tertiary/aromatic N) is 2. The zero-order valence-electron chi connectivity index (χ0n) is 24.5. The van der Waals surface area contributed by atoms with Crippen molar-refractivity contribution in [3.63, 3.8) is 0 Å². The van der Waals surface area contributed by atoms with Crippen LogP contribution in [0.15, 0.2) is 145 Å². The highest BCUT2D eigenvalue weighted by Crippen LogP contribution is 2.41. The van der Waals surface area contributed by atoms with Gasteiger partial charge in [0.1, 0.15) is 0 Å². The molecule has 4 nitrogen and oxygen atoms in total. The summed E-state index contributed by atoms with van der Waals surface area (Å²) in [6, 6.07) is 41.4. The van der Waals surface area contributed by atoms with Crippen molar-refractivity contribution in [2.75, 3.05) is 4.90 Å². The first-order chi connectivity index (χ1) is 21.0. The molecule has 0 aliphatic carbocycles. The molecule has 3 N–H and O–H groups in total. The van der Waals surface area contributed by atoms with Gasteiger partial charge >= 0.3 is 0 Å². The van der Waals surface area contributed by atoms with Gasteiger partial charge in [0.15, 0.2) is 0 Å². The zero-order valence-corrected chi connectivity index (χ0v) is 24.5. The molecule has 7 rings (SSSR count). The van der Waals surface area contributed by atoms with Crippen LogP contribution in [0, 0.1) is 0 Å². The summed E-state index contributed by atoms with van der Waals surface area (Å²) in [4.78, 5) is 2.32. The van der Waals surface area contributed by atoms with E-state index in [0.717, 1.165) is 45.0 Å². The highest BCUT2D eigenvalue weighted by atomic mass is 15.2. The van der Waals surface area contributed by atoms with Crippen LogP contribution in [0.4, 0.5) is 11.4 Å². The molecule has 0 amide bonds. The molecule has 0 saturated heterocycles. The number of fused-ring (bicyclic) bond motifs is 4. The van der Waals surface area contributed by atoms with E-state index < -0.39 is 0 Å². The number of allylic oxidation sites excluding steroid dienone is 5. The van der Waals surface area contributed by atoms with Crippen molar-refractivity contribution in [2.45, 2.75) is 20.4 Å². The first kappa shape index (κ1) is 26.7. The monoisotopic (exact) mass is 558 g/mol. The van der Waals surface area contributed by atoms with Crippen LogP contribution in [0.5, 0.6) is 0 Å². The van der Waals surface area contributed by atoms with Crippen LogP contribution in [-0.4, -0.2) is 4.57 Å². The van der Waals surface area contributed by atoms with Gasteiger partial charge in [-0.05, 0) is 102 Å². The summed E-state index contributed by atoms with van der Waals surface area (Å²) in [5.74, 6) is 5.56. The van der Waals surface area contributed by atoms with E-state index in [1.165, 1.54) is 32.9 Å². The van der Waals surface area contributed by atoms with Gasteiger partial charge in [-0.25, -0.2) is 0 Å². The van der Waals surface area contributed by atoms with Crippen LogP contribution in [0.25, 0.3) is 44.2 Å². The van der Waals surface area contributed by atoms with Crippen molar-refractivity contribution in [1.29, 1.82) is 0 Å². The van der Waals surface area contributed by atoms with E-state index in [1.807, 2.05) is 0 Å². The highest BCUT2D eigenvalue weighted by molar-refractivity contribution is 6.10. The molecule has 0 fully saturated rings. The molecule has 0 radical (unpaired) electrons. The lowest BCUT2D eigenvalue weighted by Gasteiger charge is -2.30. The minimum absolute atomic E-state index is 0.627. The van der Waals surface area contributed by atoms with Gasteiger partial charge in [-0.1, -0.05) is 73.3 Å². The number of rotatable bonds is 5. The van der Waals surface area contributed by atoms with Crippen molar-refractivity contribution in [1.82, 2.24) is 9.99 Å². The molecule has 0 atom stereocenters. The standard InChI is InChI=1S/C39H34N4/c1-26-21-27(2)35-23-30(15-19-38(35)42(28(3)22-26)33-17-13-29(14-18-33)25-41-40)31-16-20-39-36(24-31)34-11-7-8-12-37(34)43(39)32-9-5-4-6-10-32/h4-24,41H,2,25,40H2,1,3H3/b26-21-,28-22-. The number of anilines is 2. The Labute approximate surface area is 252 Å². The molecule has 0 unspecified atom stereocenters. The number of hydrazine groups is 1. The van der Waals surface area contributed by atoms with Crippen LogP contribution in [-0.2, 0) is 6.54 Å². The first-order valence-electron chi connectivity index (χ1n) is 14.6. The topological polar surface area (TPSA) is 46.2 Å². The molecule has 5 aromatic carbocycles. The van der Waals surface area contributed by atoms with E-state index >= 15 is 0 Å². The third kappa shape index (κ3) is 4.77. The molecule has 0 saturated carbocycles. The van der Waals surface area contributed by atoms with Crippen LogP contribution < -0.4 is 16.2 Å². The Morgan fingerprint density at radius 1 is 0.674 bits per heavy atom. The van der Waals surface area contributed by atoms with Crippen LogP contribution in [0.2, 0.25) is 0 Å². The molecule has 6 aromatic rings. The lowest BCUT2D eigenvalue weighted by molar-refractivity contribution is 0.741. The lowest BCUT2D eigenvalue weighted by atomic mass is 9.94. The normalized spacial score (nSPS) is 15.9. The molecule has 1 aromatic heterocycles. The number of aromatic nitrogens is 1. The molecule has 1 aliphatic heterocycles. The Kier molecular flexibility index (Phi) is 6.78. The Balaban J connectivity index is 1.38. The molecule has 0 spiro atoms. The first-order valence-corrected chi connectivity index (χ1v) is 14.6. The summed E-state index contributed by atoms with van der Waals surface area (Å²) in [6.45, 7) is 9.43. The average Bonchev–Trinajstić information content (AvgIpc) is 3.36. The summed E-state index contributed by atoms with van der Waals surface area (Å²) < 4.78 is 2.35. The molecule has 2 heterocycles. The van der Waals surface area contributed by atoms with E-state index in [0.29, 0.717) is 6.54 Å². The summed E-state index contributed by atoms with van der Waals surface area (Å²) in [6.07, 6.45) is 4.39. The van der Waals surface area contributed by atoms with Gasteiger partial charge in [0.05, 0.1) is 16.7 Å². The molecule has 1 aliphatic rings. The number of nitrogens with one attached hydrogen (secondary N) is 1. The maximum Gasteiger partial charge on any atom is 0.0541 e. The average molecular weight is 559 g/mol.